The second kappa shape index (κ2) is 9.28. The lowest BCUT2D eigenvalue weighted by atomic mass is 10.0. The number of fused-ring (bicyclic) bond motifs is 1. The second-order valence-electron chi connectivity index (χ2n) is 6.97. The van der Waals surface area contributed by atoms with Gasteiger partial charge >= 0.3 is 0 Å². The Kier molecular flexibility index (Phi) is 6.28. The second-order valence-corrected chi connectivity index (χ2v) is 7.41. The Morgan fingerprint density at radius 1 is 1.09 bits per heavy atom. The molecule has 2 aromatic carbocycles. The molecule has 0 saturated carbocycles. The van der Waals surface area contributed by atoms with Crippen LogP contribution in [0, 0.1) is 11.6 Å². The van der Waals surface area contributed by atoms with Crippen molar-refractivity contribution in [1.29, 1.82) is 0 Å². The third-order valence-corrected chi connectivity index (χ3v) is 5.13. The molecule has 32 heavy (non-hydrogen) atoms. The van der Waals surface area contributed by atoms with E-state index in [2.05, 4.69) is 15.0 Å². The maximum Gasteiger partial charge on any atom is 0.183 e. The van der Waals surface area contributed by atoms with E-state index in [4.69, 9.17) is 16.3 Å². The quantitative estimate of drug-likeness (QED) is 0.265. The van der Waals surface area contributed by atoms with Gasteiger partial charge in [-0.2, -0.15) is 0 Å². The molecule has 8 heteroatoms. The first-order chi connectivity index (χ1) is 15.5. The Morgan fingerprint density at radius 3 is 2.59 bits per heavy atom. The average molecular weight is 453 g/mol. The number of benzene rings is 2. The number of hydrogen-bond acceptors (Lipinski definition) is 4. The maximum atomic E-state index is 14.1. The van der Waals surface area contributed by atoms with Crippen LogP contribution >= 0.6 is 11.6 Å². The van der Waals surface area contributed by atoms with Crippen molar-refractivity contribution < 1.29 is 13.5 Å². The van der Waals surface area contributed by atoms with Gasteiger partial charge < -0.3 is 9.30 Å². The minimum absolute atomic E-state index is 0.00674. The van der Waals surface area contributed by atoms with Gasteiger partial charge in [0.2, 0.25) is 0 Å². The molecule has 0 aromatic heterocycles. The van der Waals surface area contributed by atoms with Crippen molar-refractivity contribution in [2.75, 3.05) is 7.11 Å². The van der Waals surface area contributed by atoms with Crippen LogP contribution in [-0.4, -0.2) is 26.6 Å². The normalized spacial score (nSPS) is 12.4. The fourth-order valence-corrected chi connectivity index (χ4v) is 3.36. The topological polar surface area (TPSA) is 52.8 Å². The van der Waals surface area contributed by atoms with E-state index in [0.717, 1.165) is 17.2 Å². The zero-order valence-corrected chi connectivity index (χ0v) is 18.1. The van der Waals surface area contributed by atoms with E-state index in [1.165, 1.54) is 12.1 Å². The number of halogens is 3. The van der Waals surface area contributed by atoms with Crippen molar-refractivity contribution in [3.63, 3.8) is 0 Å². The number of imidazole rings is 1. The summed E-state index contributed by atoms with van der Waals surface area (Å²) < 4.78 is 35.0. The Labute approximate surface area is 189 Å². The largest absolute Gasteiger partial charge is 0.499 e. The maximum absolute atomic E-state index is 14.1. The molecule has 0 amide bonds. The highest BCUT2D eigenvalue weighted by molar-refractivity contribution is 6.30. The molecule has 2 aliphatic heterocycles. The summed E-state index contributed by atoms with van der Waals surface area (Å²) in [5.41, 5.74) is 2.44. The van der Waals surface area contributed by atoms with E-state index in [0.29, 0.717) is 28.8 Å². The highest BCUT2D eigenvalue weighted by atomic mass is 35.5. The summed E-state index contributed by atoms with van der Waals surface area (Å²) in [5.74, 6) is -0.812. The number of aromatic nitrogens is 4. The van der Waals surface area contributed by atoms with Crippen LogP contribution in [0.4, 0.5) is 8.78 Å². The molecule has 2 aromatic rings. The third kappa shape index (κ3) is 4.53. The molecule has 0 aliphatic carbocycles. The Bertz CT molecular complexity index is 1280. The summed E-state index contributed by atoms with van der Waals surface area (Å²) >= 11 is 5.98. The van der Waals surface area contributed by atoms with Gasteiger partial charge in [-0.15, -0.1) is 0 Å². The van der Waals surface area contributed by atoms with Crippen LogP contribution in [0.1, 0.15) is 12.5 Å². The molecule has 5 nitrogen and oxygen atoms in total. The van der Waals surface area contributed by atoms with E-state index in [-0.39, 0.29) is 11.4 Å². The van der Waals surface area contributed by atoms with Gasteiger partial charge in [0.15, 0.2) is 23.3 Å². The van der Waals surface area contributed by atoms with Crippen LogP contribution in [0.2, 0.25) is 5.02 Å². The zero-order valence-electron chi connectivity index (χ0n) is 17.4. The summed E-state index contributed by atoms with van der Waals surface area (Å²) in [6.07, 6.45) is 7.25. The lowest BCUT2D eigenvalue weighted by Crippen LogP contribution is -2.05. The lowest BCUT2D eigenvalue weighted by Gasteiger charge is -2.11. The molecular formula is C24H19ClF2N4O. The first kappa shape index (κ1) is 21.6. The predicted octanol–water partition coefficient (Wildman–Crippen LogP) is 6.01. The summed E-state index contributed by atoms with van der Waals surface area (Å²) in [5, 5.41) is 0.670. The molecule has 0 fully saturated rings. The van der Waals surface area contributed by atoms with Gasteiger partial charge in [0.1, 0.15) is 11.5 Å². The van der Waals surface area contributed by atoms with Crippen LogP contribution < -0.4 is 0 Å². The summed E-state index contributed by atoms with van der Waals surface area (Å²) in [6.45, 7) is 2.34. The van der Waals surface area contributed by atoms with Gasteiger partial charge in [0.05, 0.1) is 25.5 Å². The van der Waals surface area contributed by atoms with Gasteiger partial charge in [-0.1, -0.05) is 35.9 Å². The van der Waals surface area contributed by atoms with Crippen molar-refractivity contribution in [2.45, 2.75) is 13.5 Å². The van der Waals surface area contributed by atoms with Crippen molar-refractivity contribution in [3.05, 3.63) is 95.1 Å². The van der Waals surface area contributed by atoms with Crippen LogP contribution in [-0.2, 0) is 11.3 Å². The molecule has 0 radical (unpaired) electrons. The molecule has 0 saturated heterocycles. The smallest absolute Gasteiger partial charge is 0.183 e. The molecule has 0 unspecified atom stereocenters. The van der Waals surface area contributed by atoms with Crippen molar-refractivity contribution in [1.82, 2.24) is 19.5 Å². The van der Waals surface area contributed by atoms with Crippen molar-refractivity contribution in [3.8, 4) is 22.9 Å². The standard InChI is InChI=1S/C24H19ClF2N4O/c1-3-15(16-7-9-17(25)10-8-16)11-18(32-2)12-31-13-21-24(28-14-31)30-23(29-21)19-5-4-6-20(26)22(19)27/h3-11,13-14H,12H2,1-2H3/b15-3?,18-11-. The van der Waals surface area contributed by atoms with Crippen LogP contribution in [0.5, 0.6) is 0 Å². The minimum atomic E-state index is -0.985. The van der Waals surface area contributed by atoms with E-state index < -0.39 is 11.6 Å². The fraction of sp³-hybridized carbons (Fsp3) is 0.125. The molecule has 0 bridgehead atoms. The lowest BCUT2D eigenvalue weighted by molar-refractivity contribution is 0.270. The molecule has 4 rings (SSSR count). The molecule has 162 valence electrons. The van der Waals surface area contributed by atoms with Gasteiger partial charge in [-0.3, -0.25) is 0 Å². The van der Waals surface area contributed by atoms with E-state index in [1.807, 2.05) is 43.3 Å². The first-order valence-electron chi connectivity index (χ1n) is 9.79. The van der Waals surface area contributed by atoms with E-state index in [9.17, 15) is 8.78 Å². The van der Waals surface area contributed by atoms with Gasteiger partial charge in [0.25, 0.3) is 0 Å². The molecule has 2 aliphatic rings. The number of nitrogens with zero attached hydrogens (tertiary/aromatic N) is 4. The fourth-order valence-electron chi connectivity index (χ4n) is 3.23. The number of rotatable bonds is 6. The van der Waals surface area contributed by atoms with Crippen LogP contribution in [0.25, 0.3) is 28.5 Å². The van der Waals surface area contributed by atoms with Crippen molar-refractivity contribution >= 4 is 17.2 Å². The summed E-state index contributed by atoms with van der Waals surface area (Å²) in [7, 11) is 1.60. The average Bonchev–Trinajstić information content (AvgIpc) is 3.22. The highest BCUT2D eigenvalue weighted by Crippen LogP contribution is 2.27. The number of ether oxygens (including phenoxy) is 1. The van der Waals surface area contributed by atoms with Crippen LogP contribution in [0.3, 0.4) is 0 Å². The molecule has 2 heterocycles. The van der Waals surface area contributed by atoms with E-state index in [1.54, 1.807) is 24.2 Å². The predicted molar refractivity (Wildman–Crippen MR) is 120 cm³/mol. The summed E-state index contributed by atoms with van der Waals surface area (Å²) in [4.78, 5) is 12.8. The van der Waals surface area contributed by atoms with Crippen molar-refractivity contribution in [2.24, 2.45) is 0 Å². The highest BCUT2D eigenvalue weighted by Gasteiger charge is 2.18. The SMILES string of the molecule is CC=C(/C=C(/Cn1cnc2nc(-c3cccc(F)c3F)nc-2c1)OC)c1ccc(Cl)cc1. The first-order valence-corrected chi connectivity index (χ1v) is 10.2. The molecule has 0 N–H and O–H groups in total. The molecule has 0 atom stereocenters. The van der Waals surface area contributed by atoms with E-state index >= 15 is 0 Å². The Morgan fingerprint density at radius 2 is 1.88 bits per heavy atom. The monoisotopic (exact) mass is 452 g/mol. The molecule has 0 spiro atoms. The molecular weight excluding hydrogens is 434 g/mol. The van der Waals surface area contributed by atoms with Gasteiger partial charge in [-0.25, -0.2) is 23.7 Å². The third-order valence-electron chi connectivity index (χ3n) is 4.88. The zero-order chi connectivity index (χ0) is 22.7. The number of allylic oxidation sites excluding steroid dienone is 4. The summed E-state index contributed by atoms with van der Waals surface area (Å²) in [6, 6.07) is 11.4. The minimum Gasteiger partial charge on any atom is -0.499 e. The van der Waals surface area contributed by atoms with Gasteiger partial charge in [0, 0.05) is 11.2 Å². The Balaban J connectivity index is 1.62. The Hall–Kier alpha value is -3.58. The number of hydrogen-bond donors (Lipinski definition) is 0. The van der Waals surface area contributed by atoms with Gasteiger partial charge in [-0.05, 0) is 48.4 Å². The number of methoxy groups -OCH3 is 1. The van der Waals surface area contributed by atoms with Crippen LogP contribution in [0.15, 0.2) is 72.9 Å².